The fraction of sp³-hybridized carbons (Fsp3) is 0.378. The van der Waals surface area contributed by atoms with Gasteiger partial charge in [-0.3, -0.25) is 20.3 Å². The summed E-state index contributed by atoms with van der Waals surface area (Å²) in [6.07, 6.45) is 3.49. The van der Waals surface area contributed by atoms with Crippen molar-refractivity contribution in [3.05, 3.63) is 86.2 Å². The Morgan fingerprint density at radius 2 is 1.76 bits per heavy atom. The Balaban J connectivity index is 1.34. The van der Waals surface area contributed by atoms with E-state index in [-0.39, 0.29) is 29.5 Å². The van der Waals surface area contributed by atoms with Crippen LogP contribution in [0.3, 0.4) is 0 Å². The van der Waals surface area contributed by atoms with Crippen LogP contribution in [-0.4, -0.2) is 56.6 Å². The van der Waals surface area contributed by atoms with Gasteiger partial charge in [0.15, 0.2) is 0 Å². The van der Waals surface area contributed by atoms with Gasteiger partial charge in [-0.1, -0.05) is 29.3 Å². The van der Waals surface area contributed by atoms with E-state index in [0.29, 0.717) is 66.3 Å². The molecule has 1 saturated heterocycles. The highest BCUT2D eigenvalue weighted by atomic mass is 35.5. The van der Waals surface area contributed by atoms with Crippen molar-refractivity contribution in [1.82, 2.24) is 25.2 Å². The maximum absolute atomic E-state index is 14.9. The number of amides is 1. The fourth-order valence-corrected chi connectivity index (χ4v) is 8.18. The predicted octanol–water partition coefficient (Wildman–Crippen LogP) is 7.18. The fourth-order valence-electron chi connectivity index (χ4n) is 7.79. The molecule has 3 N–H and O–H groups in total. The van der Waals surface area contributed by atoms with Gasteiger partial charge in [-0.2, -0.15) is 5.10 Å². The number of nitrogens with one attached hydrogen (secondary N) is 2. The van der Waals surface area contributed by atoms with E-state index in [9.17, 15) is 14.7 Å². The summed E-state index contributed by atoms with van der Waals surface area (Å²) in [5.41, 5.74) is 13.5. The second-order valence-electron chi connectivity index (χ2n) is 13.4. The Labute approximate surface area is 294 Å². The molecule has 3 aromatic carbocycles. The zero-order chi connectivity index (χ0) is 34.7. The van der Waals surface area contributed by atoms with Gasteiger partial charge in [0.2, 0.25) is 0 Å². The number of carbonyl (C=O) groups excluding carboxylic acids is 1. The maximum Gasteiger partial charge on any atom is 0.336 e. The first-order valence-electron chi connectivity index (χ1n) is 16.7. The van der Waals surface area contributed by atoms with E-state index in [1.54, 1.807) is 28.9 Å². The molecule has 2 unspecified atom stereocenters. The number of benzene rings is 3. The Bertz CT molecular complexity index is 2110. The summed E-state index contributed by atoms with van der Waals surface area (Å²) in [6, 6.07) is 11.6. The molecule has 2 aromatic heterocycles. The number of aromatic carboxylic acids is 1. The first-order valence-corrected chi connectivity index (χ1v) is 17.5. The van der Waals surface area contributed by atoms with Gasteiger partial charge in [-0.05, 0) is 94.0 Å². The van der Waals surface area contributed by atoms with Crippen molar-refractivity contribution in [3.63, 3.8) is 0 Å². The van der Waals surface area contributed by atoms with E-state index in [2.05, 4.69) is 34.4 Å². The van der Waals surface area contributed by atoms with Crippen LogP contribution < -0.4 is 20.5 Å². The van der Waals surface area contributed by atoms with Crippen LogP contribution >= 0.6 is 23.2 Å². The van der Waals surface area contributed by atoms with E-state index >= 15 is 0 Å². The molecule has 0 saturated carbocycles. The van der Waals surface area contributed by atoms with Crippen LogP contribution in [0.15, 0.2) is 42.6 Å². The number of hydrazine groups is 1. The van der Waals surface area contributed by atoms with Crippen molar-refractivity contribution in [2.24, 2.45) is 7.05 Å². The third-order valence-corrected chi connectivity index (χ3v) is 11.0. The van der Waals surface area contributed by atoms with Gasteiger partial charge in [0, 0.05) is 70.2 Å². The van der Waals surface area contributed by atoms with Gasteiger partial charge in [-0.25, -0.2) is 4.79 Å². The minimum absolute atomic E-state index is 0.0719. The van der Waals surface area contributed by atoms with Crippen LogP contribution in [0, 0.1) is 13.8 Å². The summed E-state index contributed by atoms with van der Waals surface area (Å²) in [5.74, 6) is -0.399. The van der Waals surface area contributed by atoms with Crippen molar-refractivity contribution < 1.29 is 19.4 Å². The average Bonchev–Trinajstić information content (AvgIpc) is 3.67. The third-order valence-electron chi connectivity index (χ3n) is 10.1. The molecule has 0 radical (unpaired) electrons. The molecule has 1 amide bonds. The highest BCUT2D eigenvalue weighted by Gasteiger charge is 2.38. The van der Waals surface area contributed by atoms with E-state index < -0.39 is 5.97 Å². The van der Waals surface area contributed by atoms with E-state index in [1.165, 1.54) is 0 Å². The van der Waals surface area contributed by atoms with Crippen LogP contribution in [0.25, 0.3) is 21.8 Å². The molecule has 12 heteroatoms. The standard InChI is InChI=1S/C37H40Cl2N6O4/c1-19-14-24(15-20(2)33(19)39)49-13-6-8-25-26-9-10-29(38)32(31-21(3)41-42-22(31)4)34(26)45-12-7-11-44(36(46)35(25)45)23-16-27(37(47)48)28-18-40-43(5)30(28)17-23/h9-10,14-18,21-22,31,41-42H,6-8,11-13H2,1-5H3,(H,47,48). The lowest BCUT2D eigenvalue weighted by atomic mass is 9.87. The van der Waals surface area contributed by atoms with Gasteiger partial charge in [0.25, 0.3) is 5.91 Å². The summed E-state index contributed by atoms with van der Waals surface area (Å²) < 4.78 is 9.99. The lowest BCUT2D eigenvalue weighted by Crippen LogP contribution is -2.32. The monoisotopic (exact) mass is 702 g/mol. The SMILES string of the molecule is Cc1cc(OCCCc2c3n(c4c(C5C(C)NNC5C)c(Cl)ccc24)CCCN(c2cc(C(=O)O)c4cnn(C)c4c2)C3=O)cc(C)c1Cl. The normalized spacial score (nSPS) is 19.5. The molecule has 2 aliphatic heterocycles. The van der Waals surface area contributed by atoms with Gasteiger partial charge in [0.05, 0.1) is 29.4 Å². The number of hydrogen-bond donors (Lipinski definition) is 3. The molecule has 49 heavy (non-hydrogen) atoms. The number of anilines is 1. The van der Waals surface area contributed by atoms with Crippen LogP contribution in [0.4, 0.5) is 5.69 Å². The van der Waals surface area contributed by atoms with Crippen molar-refractivity contribution in [1.29, 1.82) is 0 Å². The van der Waals surface area contributed by atoms with Gasteiger partial charge in [-0.15, -0.1) is 0 Å². The number of aryl methyl sites for hydroxylation is 5. The topological polar surface area (TPSA) is 114 Å². The highest BCUT2D eigenvalue weighted by molar-refractivity contribution is 6.33. The number of aromatic nitrogens is 3. The predicted molar refractivity (Wildman–Crippen MR) is 194 cm³/mol. The molecule has 0 spiro atoms. The minimum atomic E-state index is -1.07. The molecule has 0 bridgehead atoms. The second kappa shape index (κ2) is 13.0. The van der Waals surface area contributed by atoms with Crippen molar-refractivity contribution in [2.75, 3.05) is 18.1 Å². The summed E-state index contributed by atoms with van der Waals surface area (Å²) in [6.45, 7) is 9.70. The Morgan fingerprint density at radius 1 is 1.04 bits per heavy atom. The third kappa shape index (κ3) is 5.74. The van der Waals surface area contributed by atoms with Gasteiger partial charge < -0.3 is 19.3 Å². The molecule has 5 aromatic rings. The molecule has 4 heterocycles. The molecular weight excluding hydrogens is 663 g/mol. The van der Waals surface area contributed by atoms with Crippen molar-refractivity contribution in [2.45, 2.75) is 71.5 Å². The zero-order valence-electron chi connectivity index (χ0n) is 28.2. The van der Waals surface area contributed by atoms with Crippen molar-refractivity contribution in [3.8, 4) is 5.75 Å². The molecule has 2 atom stereocenters. The smallest absolute Gasteiger partial charge is 0.336 e. The molecular formula is C37H40Cl2N6O4. The van der Waals surface area contributed by atoms with Crippen LogP contribution in [0.1, 0.15) is 75.7 Å². The van der Waals surface area contributed by atoms with E-state index in [4.69, 9.17) is 27.9 Å². The molecule has 2 aliphatic rings. The maximum atomic E-state index is 14.9. The number of carboxylic acid groups (broad SMARTS) is 1. The number of carboxylic acids is 1. The zero-order valence-corrected chi connectivity index (χ0v) is 29.7. The second-order valence-corrected chi connectivity index (χ2v) is 14.1. The first kappa shape index (κ1) is 33.4. The Kier molecular flexibility index (Phi) is 8.85. The van der Waals surface area contributed by atoms with Crippen molar-refractivity contribution >= 4 is 62.6 Å². The van der Waals surface area contributed by atoms with Crippen LogP contribution in [0.5, 0.6) is 5.75 Å². The van der Waals surface area contributed by atoms with Gasteiger partial charge >= 0.3 is 5.97 Å². The minimum Gasteiger partial charge on any atom is -0.494 e. The number of rotatable bonds is 8. The van der Waals surface area contributed by atoms with E-state index in [0.717, 1.165) is 43.9 Å². The van der Waals surface area contributed by atoms with Crippen LogP contribution in [-0.2, 0) is 20.0 Å². The van der Waals surface area contributed by atoms with Crippen LogP contribution in [0.2, 0.25) is 10.0 Å². The highest BCUT2D eigenvalue weighted by Crippen LogP contribution is 2.42. The summed E-state index contributed by atoms with van der Waals surface area (Å²) in [5, 5.41) is 17.3. The van der Waals surface area contributed by atoms with E-state index in [1.807, 2.05) is 44.2 Å². The molecule has 10 nitrogen and oxygen atoms in total. The number of ether oxygens (including phenoxy) is 1. The number of halogens is 2. The molecule has 256 valence electrons. The summed E-state index contributed by atoms with van der Waals surface area (Å²) >= 11 is 13.4. The summed E-state index contributed by atoms with van der Waals surface area (Å²) in [4.78, 5) is 29.0. The average molecular weight is 704 g/mol. The number of fused-ring (bicyclic) bond motifs is 4. The number of hydrogen-bond acceptors (Lipinski definition) is 6. The quantitative estimate of drug-likeness (QED) is 0.147. The number of carbonyl (C=O) groups is 2. The molecule has 7 rings (SSSR count). The van der Waals surface area contributed by atoms with Gasteiger partial charge in [0.1, 0.15) is 11.4 Å². The summed E-state index contributed by atoms with van der Waals surface area (Å²) in [7, 11) is 1.77. The number of nitrogens with zero attached hydrogens (tertiary/aromatic N) is 4. The Hall–Kier alpha value is -4.09. The lowest BCUT2D eigenvalue weighted by molar-refractivity contribution is 0.0698. The Morgan fingerprint density at radius 3 is 2.45 bits per heavy atom. The molecule has 0 aliphatic carbocycles. The molecule has 1 fully saturated rings. The largest absolute Gasteiger partial charge is 0.494 e. The first-order chi connectivity index (χ1) is 23.5. The lowest BCUT2D eigenvalue weighted by Gasteiger charge is -2.22.